The first-order chi connectivity index (χ1) is 18.7. The van der Waals surface area contributed by atoms with Gasteiger partial charge < -0.3 is 20.1 Å². The first-order valence-corrected chi connectivity index (χ1v) is 12.4. The van der Waals surface area contributed by atoms with Crippen molar-refractivity contribution in [3.63, 3.8) is 0 Å². The van der Waals surface area contributed by atoms with Gasteiger partial charge in [0.2, 0.25) is 17.7 Å². The van der Waals surface area contributed by atoms with Gasteiger partial charge in [-0.2, -0.15) is 9.49 Å². The van der Waals surface area contributed by atoms with Crippen LogP contribution >= 0.6 is 0 Å². The minimum atomic E-state index is -2.84. The highest BCUT2D eigenvalue weighted by atomic mass is 19.3. The molecule has 0 spiro atoms. The molecule has 0 bridgehead atoms. The highest BCUT2D eigenvalue weighted by Gasteiger charge is 2.40. The van der Waals surface area contributed by atoms with Crippen LogP contribution in [0.1, 0.15) is 49.8 Å². The number of nitrogens with zero attached hydrogens (tertiary/aromatic N) is 4. The van der Waals surface area contributed by atoms with E-state index in [0.29, 0.717) is 5.56 Å². The van der Waals surface area contributed by atoms with Crippen LogP contribution < -0.4 is 15.4 Å². The molecular weight excluding hydrogens is 517 g/mol. The highest BCUT2D eigenvalue weighted by molar-refractivity contribution is 5.96. The summed E-state index contributed by atoms with van der Waals surface area (Å²) in [7, 11) is 1.43. The number of anilines is 1. The number of rotatable bonds is 9. The molecule has 0 saturated heterocycles. The van der Waals surface area contributed by atoms with Gasteiger partial charge in [0.25, 0.3) is 5.95 Å². The quantitative estimate of drug-likeness (QED) is 0.406. The normalized spacial score (nSPS) is 16.6. The maximum atomic E-state index is 14.8. The molecule has 0 aliphatic heterocycles. The molecule has 13 heteroatoms. The monoisotopic (exact) mass is 546 g/mol. The molecular formula is C26H29F3N6O4. The summed E-state index contributed by atoms with van der Waals surface area (Å²) in [6, 6.07) is 8.80. The van der Waals surface area contributed by atoms with Crippen molar-refractivity contribution in [1.29, 1.82) is 0 Å². The van der Waals surface area contributed by atoms with Crippen molar-refractivity contribution in [2.75, 3.05) is 12.4 Å². The van der Waals surface area contributed by atoms with Gasteiger partial charge in [-0.25, -0.2) is 13.6 Å². The molecule has 1 fully saturated rings. The summed E-state index contributed by atoms with van der Waals surface area (Å²) in [4.78, 5) is 25.8. The Morgan fingerprint density at radius 1 is 1.18 bits per heavy atom. The molecule has 2 aromatic heterocycles. The molecule has 0 radical (unpaired) electrons. The van der Waals surface area contributed by atoms with E-state index in [2.05, 4.69) is 25.9 Å². The van der Waals surface area contributed by atoms with E-state index >= 15 is 0 Å². The third-order valence-electron chi connectivity index (χ3n) is 6.70. The first kappa shape index (κ1) is 27.9. The number of aromatic nitrogens is 4. The Bertz CT molecular complexity index is 1280. The summed E-state index contributed by atoms with van der Waals surface area (Å²) in [6.07, 6.45) is 1.00. The first-order valence-electron chi connectivity index (χ1n) is 12.4. The van der Waals surface area contributed by atoms with Crippen molar-refractivity contribution >= 4 is 17.7 Å². The van der Waals surface area contributed by atoms with Gasteiger partial charge in [-0.15, -0.1) is 10.2 Å². The molecule has 3 aromatic rings. The Hall–Kier alpha value is -4.16. The second-order valence-electron chi connectivity index (χ2n) is 9.35. The smallest absolute Gasteiger partial charge is 0.408 e. The van der Waals surface area contributed by atoms with Crippen LogP contribution in [0.3, 0.4) is 0 Å². The Balaban J connectivity index is 1.48. The van der Waals surface area contributed by atoms with Gasteiger partial charge in [-0.1, -0.05) is 30.3 Å². The number of benzene rings is 1. The lowest BCUT2D eigenvalue weighted by molar-refractivity contribution is -0.121. The van der Waals surface area contributed by atoms with E-state index in [1.807, 2.05) is 6.07 Å². The van der Waals surface area contributed by atoms with Crippen LogP contribution in [0, 0.1) is 11.9 Å². The van der Waals surface area contributed by atoms with Crippen LogP contribution in [-0.2, 0) is 16.1 Å². The number of hydrogen-bond acceptors (Lipinski definition) is 7. The maximum Gasteiger partial charge on any atom is 0.408 e. The third kappa shape index (κ3) is 7.03. The second kappa shape index (κ2) is 12.1. The summed E-state index contributed by atoms with van der Waals surface area (Å²) < 4.78 is 54.1. The molecule has 2 N–H and O–H groups in total. The molecule has 39 heavy (non-hydrogen) atoms. The molecule has 1 aliphatic rings. The molecule has 10 nitrogen and oxygen atoms in total. The molecule has 1 aromatic carbocycles. The van der Waals surface area contributed by atoms with Gasteiger partial charge in [-0.3, -0.25) is 9.48 Å². The number of alkyl carbamates (subject to hydrolysis) is 1. The lowest BCUT2D eigenvalue weighted by Gasteiger charge is -2.33. The SMILES string of the molecule is COc1nnccc1C(C)n1cc(NC(=O)[C@@H](NC(=O)OCc2ccccc2)C2CCC(F)(F)CC2)c(F)n1. The largest absolute Gasteiger partial charge is 0.480 e. The zero-order valence-corrected chi connectivity index (χ0v) is 21.4. The van der Waals surface area contributed by atoms with Crippen LogP contribution in [0.4, 0.5) is 23.7 Å². The van der Waals surface area contributed by atoms with Gasteiger partial charge in [-0.05, 0) is 37.3 Å². The van der Waals surface area contributed by atoms with Crippen molar-refractivity contribution in [2.45, 2.75) is 57.2 Å². The van der Waals surface area contributed by atoms with Crippen molar-refractivity contribution in [2.24, 2.45) is 5.92 Å². The number of carbonyl (C=O) groups is 2. The summed E-state index contributed by atoms with van der Waals surface area (Å²) >= 11 is 0. The molecule has 1 aliphatic carbocycles. The summed E-state index contributed by atoms with van der Waals surface area (Å²) in [5.41, 5.74) is 1.07. The second-order valence-corrected chi connectivity index (χ2v) is 9.35. The highest BCUT2D eigenvalue weighted by Crippen LogP contribution is 2.38. The lowest BCUT2D eigenvalue weighted by Crippen LogP contribution is -2.50. The molecule has 2 heterocycles. The van der Waals surface area contributed by atoms with E-state index in [1.165, 1.54) is 24.2 Å². The van der Waals surface area contributed by atoms with Crippen LogP contribution in [-0.4, -0.2) is 51.1 Å². The van der Waals surface area contributed by atoms with Crippen LogP contribution in [0.2, 0.25) is 0 Å². The minimum Gasteiger partial charge on any atom is -0.480 e. The number of hydrogen-bond donors (Lipinski definition) is 2. The van der Waals surface area contributed by atoms with E-state index in [4.69, 9.17) is 9.47 Å². The summed E-state index contributed by atoms with van der Waals surface area (Å²) in [6.45, 7) is 1.68. The standard InChI is InChI=1S/C26H29F3N6O4/c1-16(19-10-13-30-33-24(19)38-2)35-14-20(22(27)34-35)31-23(36)21(18-8-11-26(28,29)12-9-18)32-25(37)39-15-17-6-4-3-5-7-17/h3-7,10,13-14,16,18,21H,8-9,11-12,15H2,1-2H3,(H,31,36)(H,32,37)/t16?,21-/m0/s1. The topological polar surface area (TPSA) is 120 Å². The number of alkyl halides is 2. The molecule has 2 amide bonds. The number of amides is 2. The molecule has 208 valence electrons. The fraction of sp³-hybridized carbons (Fsp3) is 0.423. The van der Waals surface area contributed by atoms with E-state index in [1.54, 1.807) is 37.3 Å². The summed E-state index contributed by atoms with van der Waals surface area (Å²) in [5.74, 6) is -4.93. The predicted molar refractivity (Wildman–Crippen MR) is 134 cm³/mol. The number of ether oxygens (including phenoxy) is 2. The van der Waals surface area contributed by atoms with Crippen LogP contribution in [0.5, 0.6) is 5.88 Å². The fourth-order valence-corrected chi connectivity index (χ4v) is 4.49. The van der Waals surface area contributed by atoms with Crippen LogP contribution in [0.15, 0.2) is 48.8 Å². The molecule has 4 rings (SSSR count). The van der Waals surface area contributed by atoms with E-state index < -0.39 is 54.7 Å². The lowest BCUT2D eigenvalue weighted by atomic mass is 9.81. The molecule has 1 unspecified atom stereocenters. The average molecular weight is 547 g/mol. The Labute approximate surface area is 222 Å². The number of methoxy groups -OCH3 is 1. The van der Waals surface area contributed by atoms with Crippen molar-refractivity contribution in [1.82, 2.24) is 25.3 Å². The summed E-state index contributed by atoms with van der Waals surface area (Å²) in [5, 5.41) is 16.4. The number of halogens is 3. The Morgan fingerprint density at radius 2 is 1.90 bits per heavy atom. The molecule has 2 atom stereocenters. The van der Waals surface area contributed by atoms with Crippen molar-refractivity contribution < 1.29 is 32.2 Å². The van der Waals surface area contributed by atoms with Crippen molar-refractivity contribution in [3.05, 3.63) is 65.9 Å². The van der Waals surface area contributed by atoms with Crippen molar-refractivity contribution in [3.8, 4) is 5.88 Å². The van der Waals surface area contributed by atoms with E-state index in [0.717, 1.165) is 5.56 Å². The fourth-order valence-electron chi connectivity index (χ4n) is 4.49. The Kier molecular flexibility index (Phi) is 8.67. The molecule has 1 saturated carbocycles. The van der Waals surface area contributed by atoms with Gasteiger partial charge in [0.1, 0.15) is 18.3 Å². The van der Waals surface area contributed by atoms with Gasteiger partial charge in [0, 0.05) is 18.4 Å². The van der Waals surface area contributed by atoms with E-state index in [9.17, 15) is 22.8 Å². The minimum absolute atomic E-state index is 0.00231. The zero-order chi connectivity index (χ0) is 28.0. The van der Waals surface area contributed by atoms with E-state index in [-0.39, 0.29) is 31.0 Å². The predicted octanol–water partition coefficient (Wildman–Crippen LogP) is 4.49. The number of nitrogens with one attached hydrogen (secondary N) is 2. The Morgan fingerprint density at radius 3 is 2.59 bits per heavy atom. The van der Waals surface area contributed by atoms with Gasteiger partial charge >= 0.3 is 6.09 Å². The van der Waals surface area contributed by atoms with Gasteiger partial charge in [0.15, 0.2) is 0 Å². The third-order valence-corrected chi connectivity index (χ3v) is 6.70. The average Bonchev–Trinajstić information content (AvgIpc) is 3.30. The maximum absolute atomic E-state index is 14.8. The zero-order valence-electron chi connectivity index (χ0n) is 21.4. The van der Waals surface area contributed by atoms with Crippen LogP contribution in [0.25, 0.3) is 0 Å². The number of carbonyl (C=O) groups excluding carboxylic acids is 2. The van der Waals surface area contributed by atoms with Gasteiger partial charge in [0.05, 0.1) is 25.5 Å².